The van der Waals surface area contributed by atoms with Gasteiger partial charge in [0.2, 0.25) is 0 Å². The van der Waals surface area contributed by atoms with Crippen molar-refractivity contribution < 1.29 is 13.9 Å². The Morgan fingerprint density at radius 2 is 2.06 bits per heavy atom. The number of rotatable bonds is 3. The van der Waals surface area contributed by atoms with Crippen molar-refractivity contribution in [1.82, 2.24) is 24.5 Å². The van der Waals surface area contributed by atoms with Gasteiger partial charge >= 0.3 is 0 Å². The van der Waals surface area contributed by atoms with Crippen LogP contribution >= 0.6 is 0 Å². The molecule has 1 fully saturated rings. The fourth-order valence-corrected chi connectivity index (χ4v) is 5.05. The fourth-order valence-electron chi connectivity index (χ4n) is 5.05. The van der Waals surface area contributed by atoms with Crippen LogP contribution in [0.15, 0.2) is 36.7 Å². The van der Waals surface area contributed by atoms with Crippen LogP contribution in [-0.4, -0.2) is 30.3 Å². The molecule has 6 rings (SSSR count). The summed E-state index contributed by atoms with van der Waals surface area (Å²) in [6.45, 7) is 4.13. The first kappa shape index (κ1) is 22.5. The molecule has 1 atom stereocenters. The number of hydrogen-bond donors (Lipinski definition) is 1. The van der Waals surface area contributed by atoms with Crippen LogP contribution in [0.3, 0.4) is 0 Å². The van der Waals surface area contributed by atoms with E-state index in [4.69, 9.17) is 20.7 Å². The summed E-state index contributed by atoms with van der Waals surface area (Å²) in [7, 11) is 1.85. The van der Waals surface area contributed by atoms with Crippen molar-refractivity contribution in [3.8, 4) is 28.3 Å². The van der Waals surface area contributed by atoms with Crippen molar-refractivity contribution in [1.29, 1.82) is 0 Å². The van der Waals surface area contributed by atoms with Crippen molar-refractivity contribution in [2.45, 2.75) is 45.8 Å². The van der Waals surface area contributed by atoms with E-state index in [1.54, 1.807) is 23.9 Å². The summed E-state index contributed by atoms with van der Waals surface area (Å²) in [4.78, 5) is 17.2. The standard InChI is InChI=1S/C27H27FN6O2/c1-14(35)24-22-8-18-13-33(3)31-25(18)20-7-6-19(28)10-21(20)15(2)36-23-9-17(11-30-27(23)29)26(22)34(32-24)12-16-4-5-16/h6-7,9-11,13,15-16H,4-5,8,12H2,1-3H3,(H2,29,30)/t15-/m1/s1. The molecule has 8 nitrogen and oxygen atoms in total. The highest BCUT2D eigenvalue weighted by Gasteiger charge is 2.30. The van der Waals surface area contributed by atoms with Crippen molar-refractivity contribution in [3.05, 3.63) is 64.9 Å². The van der Waals surface area contributed by atoms with Crippen LogP contribution in [0.25, 0.3) is 22.5 Å². The first-order valence-corrected chi connectivity index (χ1v) is 12.1. The van der Waals surface area contributed by atoms with Gasteiger partial charge in [-0.1, -0.05) is 0 Å². The number of aryl methyl sites for hydroxylation is 1. The van der Waals surface area contributed by atoms with Gasteiger partial charge in [-0.25, -0.2) is 9.37 Å². The Balaban J connectivity index is 1.66. The van der Waals surface area contributed by atoms with Gasteiger partial charge in [-0.2, -0.15) is 10.2 Å². The largest absolute Gasteiger partial charge is 0.482 e. The number of fused-ring (bicyclic) bond motifs is 7. The number of hydrogen-bond acceptors (Lipinski definition) is 6. The minimum absolute atomic E-state index is 0.102. The van der Waals surface area contributed by atoms with Crippen molar-refractivity contribution in [3.63, 3.8) is 0 Å². The smallest absolute Gasteiger partial charge is 0.180 e. The van der Waals surface area contributed by atoms with Gasteiger partial charge in [0, 0.05) is 67.1 Å². The summed E-state index contributed by atoms with van der Waals surface area (Å²) in [5.41, 5.74) is 12.1. The normalized spacial score (nSPS) is 16.7. The van der Waals surface area contributed by atoms with Gasteiger partial charge < -0.3 is 10.5 Å². The SMILES string of the molecule is CC(=O)c1nn(CC2CC2)c2c1Cc1cn(C)nc1-c1ccc(F)cc1[C@@H](C)Oc1cc-2cnc1N. The minimum atomic E-state index is -0.520. The fraction of sp³-hybridized carbons (Fsp3) is 0.333. The van der Waals surface area contributed by atoms with E-state index in [-0.39, 0.29) is 17.4 Å². The first-order valence-electron chi connectivity index (χ1n) is 12.1. The zero-order valence-corrected chi connectivity index (χ0v) is 20.5. The van der Waals surface area contributed by atoms with Gasteiger partial charge in [0.15, 0.2) is 17.4 Å². The molecule has 0 spiro atoms. The molecule has 1 aliphatic carbocycles. The quantitative estimate of drug-likeness (QED) is 0.421. The number of nitrogen functional groups attached to an aromatic ring is 1. The molecule has 36 heavy (non-hydrogen) atoms. The van der Waals surface area contributed by atoms with Crippen LogP contribution in [0.1, 0.15) is 60.0 Å². The van der Waals surface area contributed by atoms with Gasteiger partial charge in [0.25, 0.3) is 0 Å². The van der Waals surface area contributed by atoms with Crippen molar-refractivity contribution in [2.24, 2.45) is 13.0 Å². The summed E-state index contributed by atoms with van der Waals surface area (Å²) in [6.07, 6.45) is 5.85. The Hall–Kier alpha value is -4.01. The number of halogens is 1. The van der Waals surface area contributed by atoms with Crippen LogP contribution in [0.5, 0.6) is 5.75 Å². The van der Waals surface area contributed by atoms with E-state index >= 15 is 0 Å². The average molecular weight is 487 g/mol. The van der Waals surface area contributed by atoms with Crippen LogP contribution in [0.4, 0.5) is 10.2 Å². The minimum Gasteiger partial charge on any atom is -0.482 e. The summed E-state index contributed by atoms with van der Waals surface area (Å²) >= 11 is 0. The van der Waals surface area contributed by atoms with Gasteiger partial charge in [0.05, 0.1) is 11.4 Å². The summed E-state index contributed by atoms with van der Waals surface area (Å²) in [5, 5.41) is 9.51. The molecule has 0 saturated heterocycles. The Labute approximate surface area is 207 Å². The number of carbonyl (C=O) groups is 1. The zero-order valence-electron chi connectivity index (χ0n) is 20.5. The van der Waals surface area contributed by atoms with Crippen LogP contribution in [-0.2, 0) is 20.0 Å². The van der Waals surface area contributed by atoms with Crippen molar-refractivity contribution in [2.75, 3.05) is 5.73 Å². The maximum absolute atomic E-state index is 14.4. The number of ether oxygens (including phenoxy) is 1. The second-order valence-corrected chi connectivity index (χ2v) is 9.81. The number of pyridine rings is 1. The highest BCUT2D eigenvalue weighted by molar-refractivity contribution is 5.95. The van der Waals surface area contributed by atoms with E-state index < -0.39 is 6.10 Å². The lowest BCUT2D eigenvalue weighted by molar-refractivity contribution is 0.101. The molecule has 2 aliphatic rings. The lowest BCUT2D eigenvalue weighted by Crippen LogP contribution is -2.10. The molecule has 1 saturated carbocycles. The Morgan fingerprint density at radius 3 is 2.81 bits per heavy atom. The number of carbonyl (C=O) groups excluding carboxylic acids is 1. The molecule has 4 heterocycles. The third kappa shape index (κ3) is 3.84. The van der Waals surface area contributed by atoms with Gasteiger partial charge in [-0.05, 0) is 49.9 Å². The number of Topliss-reactive ketones (excluding diaryl/α,β-unsaturated/α-hetero) is 1. The first-order chi connectivity index (χ1) is 17.3. The number of nitrogens with zero attached hydrogens (tertiary/aromatic N) is 5. The number of anilines is 1. The molecule has 2 bridgehead atoms. The Morgan fingerprint density at radius 1 is 1.25 bits per heavy atom. The maximum Gasteiger partial charge on any atom is 0.180 e. The van der Waals surface area contributed by atoms with Gasteiger partial charge in [0.1, 0.15) is 17.6 Å². The molecule has 0 unspecified atom stereocenters. The summed E-state index contributed by atoms with van der Waals surface area (Å²) in [6, 6.07) is 6.46. The van der Waals surface area contributed by atoms with Crippen LogP contribution in [0.2, 0.25) is 0 Å². The second-order valence-electron chi connectivity index (χ2n) is 9.81. The van der Waals surface area contributed by atoms with Crippen LogP contribution in [0, 0.1) is 11.7 Å². The van der Waals surface area contributed by atoms with E-state index in [0.717, 1.165) is 47.3 Å². The van der Waals surface area contributed by atoms with E-state index in [1.807, 2.05) is 30.9 Å². The number of nitrogens with two attached hydrogens (primary N) is 1. The predicted octanol–water partition coefficient (Wildman–Crippen LogP) is 4.72. The number of ketones is 1. The molecule has 1 aliphatic heterocycles. The Kier molecular flexibility index (Phi) is 5.17. The Bertz CT molecular complexity index is 1520. The lowest BCUT2D eigenvalue weighted by Gasteiger charge is -2.21. The summed E-state index contributed by atoms with van der Waals surface area (Å²) in [5.74, 6) is 0.709. The third-order valence-corrected chi connectivity index (χ3v) is 6.95. The van der Waals surface area contributed by atoms with E-state index in [0.29, 0.717) is 35.0 Å². The maximum atomic E-state index is 14.4. The molecular formula is C27H27FN6O2. The second kappa shape index (κ2) is 8.29. The topological polar surface area (TPSA) is 101 Å². The predicted molar refractivity (Wildman–Crippen MR) is 133 cm³/mol. The van der Waals surface area contributed by atoms with E-state index in [1.165, 1.54) is 12.1 Å². The van der Waals surface area contributed by atoms with E-state index in [2.05, 4.69) is 4.98 Å². The van der Waals surface area contributed by atoms with Crippen LogP contribution < -0.4 is 10.5 Å². The monoisotopic (exact) mass is 486 g/mol. The zero-order chi connectivity index (χ0) is 25.1. The van der Waals surface area contributed by atoms with Gasteiger partial charge in [-0.3, -0.25) is 14.2 Å². The van der Waals surface area contributed by atoms with Crippen molar-refractivity contribution >= 4 is 11.6 Å². The summed E-state index contributed by atoms with van der Waals surface area (Å²) < 4.78 is 24.3. The molecule has 0 amide bonds. The molecule has 3 aromatic heterocycles. The molecule has 4 aromatic rings. The molecule has 1 aromatic carbocycles. The highest BCUT2D eigenvalue weighted by Crippen LogP contribution is 2.40. The lowest BCUT2D eigenvalue weighted by atomic mass is 9.93. The third-order valence-electron chi connectivity index (χ3n) is 6.95. The van der Waals surface area contributed by atoms with Gasteiger partial charge in [-0.15, -0.1) is 0 Å². The number of benzene rings is 1. The molecule has 184 valence electrons. The molecule has 0 radical (unpaired) electrons. The average Bonchev–Trinajstić information content (AvgIpc) is 3.47. The molecule has 9 heteroatoms. The number of aromatic nitrogens is 5. The molecule has 2 N–H and O–H groups in total. The molecular weight excluding hydrogens is 459 g/mol. The highest BCUT2D eigenvalue weighted by atomic mass is 19.1. The van der Waals surface area contributed by atoms with E-state index in [9.17, 15) is 9.18 Å².